The first kappa shape index (κ1) is 23.1. The van der Waals surface area contributed by atoms with E-state index in [4.69, 9.17) is 4.74 Å². The summed E-state index contributed by atoms with van der Waals surface area (Å²) in [6, 6.07) is 7.46. The van der Waals surface area contributed by atoms with Crippen LogP contribution >= 0.6 is 0 Å². The zero-order valence-electron chi connectivity index (χ0n) is 20.5. The highest BCUT2D eigenvalue weighted by molar-refractivity contribution is 6.03. The molecule has 4 saturated carbocycles. The molecule has 6 unspecified atom stereocenters. The van der Waals surface area contributed by atoms with Crippen LogP contribution in [0.3, 0.4) is 0 Å². The van der Waals surface area contributed by atoms with Crippen molar-refractivity contribution in [1.82, 2.24) is 16.0 Å². The number of amides is 3. The minimum atomic E-state index is -1.06. The molecule has 1 saturated heterocycles. The highest BCUT2D eigenvalue weighted by Crippen LogP contribution is 2.55. The zero-order chi connectivity index (χ0) is 25.0. The summed E-state index contributed by atoms with van der Waals surface area (Å²) in [7, 11) is 1.61. The summed E-state index contributed by atoms with van der Waals surface area (Å²) in [5.74, 6) is 0.647. The normalized spacial score (nSPS) is 32.4. The molecule has 1 aliphatic heterocycles. The number of fused-ring (bicyclic) bond motifs is 3. The number of benzene rings is 1. The van der Waals surface area contributed by atoms with Crippen LogP contribution in [0.4, 0.5) is 0 Å². The third kappa shape index (κ3) is 3.76. The Kier molecular flexibility index (Phi) is 5.55. The van der Waals surface area contributed by atoms with E-state index in [1.807, 2.05) is 24.3 Å². The van der Waals surface area contributed by atoms with Crippen LogP contribution in [-0.2, 0) is 20.8 Å². The Morgan fingerprint density at radius 1 is 1.28 bits per heavy atom. The van der Waals surface area contributed by atoms with Crippen molar-refractivity contribution in [2.24, 2.45) is 29.6 Å². The Morgan fingerprint density at radius 2 is 2.11 bits per heavy atom. The Morgan fingerprint density at radius 3 is 2.86 bits per heavy atom. The summed E-state index contributed by atoms with van der Waals surface area (Å²) in [4.78, 5) is 39.5. The molecule has 36 heavy (non-hydrogen) atoms. The fourth-order valence-electron chi connectivity index (χ4n) is 7.20. The molecular formula is C28H32N4O4. The van der Waals surface area contributed by atoms with Gasteiger partial charge in [-0.3, -0.25) is 14.4 Å². The molecule has 5 aliphatic carbocycles. The summed E-state index contributed by atoms with van der Waals surface area (Å²) in [5, 5.41) is 19.3. The van der Waals surface area contributed by atoms with Gasteiger partial charge in [-0.15, -0.1) is 0 Å². The average molecular weight is 489 g/mol. The van der Waals surface area contributed by atoms with Crippen LogP contribution in [0.1, 0.15) is 49.7 Å². The highest BCUT2D eigenvalue weighted by atomic mass is 16.5. The maximum Gasteiger partial charge on any atom is 0.248 e. The number of hydrogen-bond donors (Lipinski definition) is 3. The van der Waals surface area contributed by atoms with E-state index in [9.17, 15) is 19.6 Å². The highest BCUT2D eigenvalue weighted by Gasteiger charge is 2.61. The van der Waals surface area contributed by atoms with E-state index >= 15 is 0 Å². The third-order valence-electron chi connectivity index (χ3n) is 9.18. The van der Waals surface area contributed by atoms with Gasteiger partial charge in [0.25, 0.3) is 0 Å². The molecule has 8 heteroatoms. The van der Waals surface area contributed by atoms with Gasteiger partial charge < -0.3 is 20.7 Å². The molecule has 2 bridgehead atoms. The molecule has 1 heterocycles. The van der Waals surface area contributed by atoms with Crippen LogP contribution in [0.25, 0.3) is 6.08 Å². The van der Waals surface area contributed by atoms with Crippen LogP contribution in [0.5, 0.6) is 5.75 Å². The molecule has 0 spiro atoms. The number of nitrogens with one attached hydrogen (secondary N) is 3. The van der Waals surface area contributed by atoms with E-state index < -0.39 is 11.6 Å². The van der Waals surface area contributed by atoms with Gasteiger partial charge in [0.1, 0.15) is 17.3 Å². The van der Waals surface area contributed by atoms with Gasteiger partial charge in [-0.2, -0.15) is 5.26 Å². The summed E-state index contributed by atoms with van der Waals surface area (Å²) in [5.41, 5.74) is 1.46. The van der Waals surface area contributed by atoms with Crippen molar-refractivity contribution in [2.75, 3.05) is 13.7 Å². The molecule has 7 rings (SSSR count). The third-order valence-corrected chi connectivity index (χ3v) is 9.18. The number of nitrogens with zero attached hydrogens (tertiary/aromatic N) is 1. The van der Waals surface area contributed by atoms with Gasteiger partial charge in [-0.05, 0) is 61.1 Å². The van der Waals surface area contributed by atoms with Crippen LogP contribution in [0.15, 0.2) is 23.8 Å². The number of nitriles is 1. The van der Waals surface area contributed by atoms with E-state index in [0.717, 1.165) is 42.6 Å². The molecule has 1 aromatic rings. The molecule has 188 valence electrons. The standard InChI is InChI=1S/C28H32N4O4/c1-36-23-4-2-3-16-10-18(11-19(16)23)25(33)31-22(9-15-5-6-15)26(34)32-28(14-29)12-17-7-8-21(28)24-20(17)13-30-27(24)35/h2-4,11,15,17,20-22,24H,5-10,12-13H2,1H3,(H,30,35)(H,31,33)(H,32,34). The SMILES string of the molecule is COc1cccc2c1C=C(C(=O)NC(CC1CC1)C(=O)NC1(C#N)CC3CCC1C1C(=O)NCC31)C2. The second-order valence-electron chi connectivity index (χ2n) is 11.2. The first-order valence-electron chi connectivity index (χ1n) is 13.1. The maximum atomic E-state index is 13.6. The Balaban J connectivity index is 1.20. The summed E-state index contributed by atoms with van der Waals surface area (Å²) in [6.07, 6.45) is 7.29. The molecule has 6 atom stereocenters. The van der Waals surface area contributed by atoms with Crippen LogP contribution in [0, 0.1) is 40.9 Å². The van der Waals surface area contributed by atoms with Crippen LogP contribution < -0.4 is 20.7 Å². The minimum Gasteiger partial charge on any atom is -0.496 e. The van der Waals surface area contributed by atoms with Crippen molar-refractivity contribution in [2.45, 2.75) is 56.5 Å². The number of carbonyl (C=O) groups excluding carboxylic acids is 3. The summed E-state index contributed by atoms with van der Waals surface area (Å²) in [6.45, 7) is 0.669. The lowest BCUT2D eigenvalue weighted by molar-refractivity contribution is -0.136. The lowest BCUT2D eigenvalue weighted by atomic mass is 9.52. The minimum absolute atomic E-state index is 0.00859. The first-order chi connectivity index (χ1) is 17.4. The number of hydrogen-bond acceptors (Lipinski definition) is 5. The van der Waals surface area contributed by atoms with Gasteiger partial charge in [0.05, 0.1) is 13.2 Å². The van der Waals surface area contributed by atoms with E-state index in [0.29, 0.717) is 37.3 Å². The molecule has 6 aliphatic rings. The lowest BCUT2D eigenvalue weighted by Gasteiger charge is -2.53. The Bertz CT molecular complexity index is 1200. The van der Waals surface area contributed by atoms with E-state index in [-0.39, 0.29) is 41.4 Å². The summed E-state index contributed by atoms with van der Waals surface area (Å²) >= 11 is 0. The van der Waals surface area contributed by atoms with Crippen LogP contribution in [0.2, 0.25) is 0 Å². The Labute approximate surface area is 210 Å². The van der Waals surface area contributed by atoms with Crippen molar-refractivity contribution < 1.29 is 19.1 Å². The van der Waals surface area contributed by atoms with Crippen molar-refractivity contribution in [1.29, 1.82) is 5.26 Å². The molecule has 8 nitrogen and oxygen atoms in total. The van der Waals surface area contributed by atoms with Crippen molar-refractivity contribution in [3.05, 3.63) is 34.9 Å². The molecule has 5 fully saturated rings. The molecule has 0 aromatic heterocycles. The summed E-state index contributed by atoms with van der Waals surface area (Å²) < 4.78 is 5.44. The number of ether oxygens (including phenoxy) is 1. The maximum absolute atomic E-state index is 13.6. The van der Waals surface area contributed by atoms with Gasteiger partial charge in [0.15, 0.2) is 0 Å². The molecular weight excluding hydrogens is 456 g/mol. The molecule has 1 aromatic carbocycles. The van der Waals surface area contributed by atoms with Gasteiger partial charge >= 0.3 is 0 Å². The molecule has 0 radical (unpaired) electrons. The monoisotopic (exact) mass is 488 g/mol. The second-order valence-corrected chi connectivity index (χ2v) is 11.2. The number of rotatable bonds is 7. The fourth-order valence-corrected chi connectivity index (χ4v) is 7.20. The van der Waals surface area contributed by atoms with Gasteiger partial charge in [0.2, 0.25) is 17.7 Å². The Hall–Kier alpha value is -3.34. The van der Waals surface area contributed by atoms with Crippen molar-refractivity contribution >= 4 is 23.8 Å². The molecule has 3 N–H and O–H groups in total. The fraction of sp³-hybridized carbons (Fsp3) is 0.571. The van der Waals surface area contributed by atoms with Gasteiger partial charge in [-0.25, -0.2) is 0 Å². The topological polar surface area (TPSA) is 120 Å². The van der Waals surface area contributed by atoms with E-state index in [2.05, 4.69) is 22.0 Å². The zero-order valence-corrected chi connectivity index (χ0v) is 20.5. The number of methoxy groups -OCH3 is 1. The number of carbonyl (C=O) groups is 3. The smallest absolute Gasteiger partial charge is 0.248 e. The van der Waals surface area contributed by atoms with Crippen LogP contribution in [-0.4, -0.2) is 43.0 Å². The predicted molar refractivity (Wildman–Crippen MR) is 131 cm³/mol. The lowest BCUT2D eigenvalue weighted by Crippen LogP contribution is -2.65. The average Bonchev–Trinajstić information content (AvgIpc) is 3.44. The van der Waals surface area contributed by atoms with Gasteiger partial charge in [0, 0.05) is 35.9 Å². The van der Waals surface area contributed by atoms with E-state index in [1.54, 1.807) is 7.11 Å². The quantitative estimate of drug-likeness (QED) is 0.543. The van der Waals surface area contributed by atoms with E-state index in [1.165, 1.54) is 0 Å². The molecule has 3 amide bonds. The van der Waals surface area contributed by atoms with Gasteiger partial charge in [-0.1, -0.05) is 25.0 Å². The van der Waals surface area contributed by atoms with Crippen molar-refractivity contribution in [3.63, 3.8) is 0 Å². The first-order valence-corrected chi connectivity index (χ1v) is 13.1. The van der Waals surface area contributed by atoms with Crippen molar-refractivity contribution in [3.8, 4) is 11.8 Å². The second kappa shape index (κ2) is 8.65. The predicted octanol–water partition coefficient (Wildman–Crippen LogP) is 2.09. The largest absolute Gasteiger partial charge is 0.496 e.